The van der Waals surface area contributed by atoms with Crippen LogP contribution < -0.4 is 10.6 Å². The molecule has 5 nitrogen and oxygen atoms in total. The number of para-hydroxylation sites is 2. The van der Waals surface area contributed by atoms with Crippen LogP contribution in [0.1, 0.15) is 52.7 Å². The normalized spacial score (nSPS) is 11.0. The molecule has 1 aromatic heterocycles. The van der Waals surface area contributed by atoms with Crippen molar-refractivity contribution in [2.45, 2.75) is 33.1 Å². The number of carbonyl (C=O) groups excluding carboxylic acids is 2. The van der Waals surface area contributed by atoms with Crippen LogP contribution in [0.4, 0.5) is 11.4 Å². The van der Waals surface area contributed by atoms with Gasteiger partial charge in [0.05, 0.1) is 0 Å². The molecule has 0 bridgehead atoms. The van der Waals surface area contributed by atoms with Gasteiger partial charge in [0.15, 0.2) is 0 Å². The van der Waals surface area contributed by atoms with Crippen LogP contribution >= 0.6 is 0 Å². The van der Waals surface area contributed by atoms with Crippen molar-refractivity contribution >= 4 is 23.2 Å². The van der Waals surface area contributed by atoms with E-state index in [0.717, 1.165) is 22.5 Å². The van der Waals surface area contributed by atoms with Gasteiger partial charge in [0.1, 0.15) is 5.69 Å². The van der Waals surface area contributed by atoms with Crippen LogP contribution in [0.15, 0.2) is 66.9 Å². The molecule has 5 heteroatoms. The molecule has 0 unspecified atom stereocenters. The Labute approximate surface area is 171 Å². The number of amides is 2. The third-order valence-electron chi connectivity index (χ3n) is 4.63. The summed E-state index contributed by atoms with van der Waals surface area (Å²) in [6.45, 7) is 8.19. The molecule has 0 aliphatic rings. The van der Waals surface area contributed by atoms with Gasteiger partial charge < -0.3 is 10.6 Å². The molecule has 2 amide bonds. The number of hydrogen-bond acceptors (Lipinski definition) is 3. The van der Waals surface area contributed by atoms with Gasteiger partial charge in [-0.1, -0.05) is 57.2 Å². The summed E-state index contributed by atoms with van der Waals surface area (Å²) in [5.41, 5.74) is 3.91. The number of nitrogens with zero attached hydrogens (tertiary/aromatic N) is 1. The molecule has 2 aromatic carbocycles. The van der Waals surface area contributed by atoms with Gasteiger partial charge in [0.2, 0.25) is 0 Å². The van der Waals surface area contributed by atoms with E-state index in [1.165, 1.54) is 12.3 Å². The quantitative estimate of drug-likeness (QED) is 0.647. The van der Waals surface area contributed by atoms with E-state index in [4.69, 9.17) is 0 Å². The molecule has 1 heterocycles. The highest BCUT2D eigenvalue weighted by Crippen LogP contribution is 2.29. The van der Waals surface area contributed by atoms with Crippen molar-refractivity contribution in [1.82, 2.24) is 4.98 Å². The molecule has 0 saturated heterocycles. The van der Waals surface area contributed by atoms with E-state index in [-0.39, 0.29) is 22.9 Å². The fraction of sp³-hybridized carbons (Fsp3) is 0.208. The van der Waals surface area contributed by atoms with Crippen LogP contribution in [-0.2, 0) is 5.41 Å². The molecule has 3 aromatic rings. The van der Waals surface area contributed by atoms with Gasteiger partial charge in [-0.05, 0) is 47.7 Å². The third-order valence-corrected chi connectivity index (χ3v) is 4.63. The van der Waals surface area contributed by atoms with Crippen molar-refractivity contribution < 1.29 is 9.59 Å². The topological polar surface area (TPSA) is 71.1 Å². The van der Waals surface area contributed by atoms with Gasteiger partial charge in [-0.15, -0.1) is 0 Å². The maximum absolute atomic E-state index is 12.8. The maximum Gasteiger partial charge on any atom is 0.274 e. The van der Waals surface area contributed by atoms with Crippen LogP contribution in [0, 0.1) is 6.92 Å². The van der Waals surface area contributed by atoms with E-state index in [2.05, 4.69) is 36.4 Å². The molecule has 29 heavy (non-hydrogen) atoms. The van der Waals surface area contributed by atoms with E-state index in [9.17, 15) is 9.59 Å². The minimum atomic E-state index is -0.354. The largest absolute Gasteiger partial charge is 0.322 e. The molecule has 0 spiro atoms. The number of carbonyl (C=O) groups is 2. The number of nitrogens with one attached hydrogen (secondary N) is 2. The lowest BCUT2D eigenvalue weighted by molar-refractivity contribution is 0.102. The molecule has 0 fully saturated rings. The summed E-state index contributed by atoms with van der Waals surface area (Å²) in [6, 6.07) is 18.3. The Morgan fingerprint density at radius 1 is 0.828 bits per heavy atom. The third kappa shape index (κ3) is 4.88. The van der Waals surface area contributed by atoms with E-state index in [1.807, 2.05) is 55.5 Å². The highest BCUT2D eigenvalue weighted by molar-refractivity contribution is 6.08. The molecule has 0 aliphatic carbocycles. The minimum absolute atomic E-state index is 0.118. The Balaban J connectivity index is 1.80. The van der Waals surface area contributed by atoms with Crippen molar-refractivity contribution in [1.29, 1.82) is 0 Å². The standard InChI is InChI=1S/C24H25N3O2/c1-16-9-5-7-11-19(16)26-22(28)17-13-14-25-21(15-17)23(29)27-20-12-8-6-10-18(20)24(2,3)4/h5-15H,1-4H3,(H,26,28)(H,27,29). The van der Waals surface area contributed by atoms with Gasteiger partial charge in [0.25, 0.3) is 11.8 Å². The van der Waals surface area contributed by atoms with E-state index < -0.39 is 0 Å². The second-order valence-electron chi connectivity index (χ2n) is 7.95. The lowest BCUT2D eigenvalue weighted by Gasteiger charge is -2.22. The number of aryl methyl sites for hydroxylation is 1. The first-order valence-corrected chi connectivity index (χ1v) is 9.49. The molecular weight excluding hydrogens is 362 g/mol. The Hall–Kier alpha value is -3.47. The van der Waals surface area contributed by atoms with Gasteiger partial charge in [0, 0.05) is 23.1 Å². The number of benzene rings is 2. The number of anilines is 2. The number of pyridine rings is 1. The molecule has 0 atom stereocenters. The first-order chi connectivity index (χ1) is 13.8. The van der Waals surface area contributed by atoms with Crippen LogP contribution in [0.3, 0.4) is 0 Å². The highest BCUT2D eigenvalue weighted by Gasteiger charge is 2.20. The maximum atomic E-state index is 12.8. The van der Waals surface area contributed by atoms with Gasteiger partial charge >= 0.3 is 0 Å². The van der Waals surface area contributed by atoms with E-state index >= 15 is 0 Å². The van der Waals surface area contributed by atoms with Crippen LogP contribution in [-0.4, -0.2) is 16.8 Å². The average molecular weight is 387 g/mol. The van der Waals surface area contributed by atoms with Gasteiger partial charge in [-0.3, -0.25) is 14.6 Å². The molecular formula is C24H25N3O2. The van der Waals surface area contributed by atoms with Gasteiger partial charge in [-0.25, -0.2) is 0 Å². The van der Waals surface area contributed by atoms with Gasteiger partial charge in [-0.2, -0.15) is 0 Å². The first kappa shape index (κ1) is 20.3. The fourth-order valence-electron chi connectivity index (χ4n) is 3.04. The minimum Gasteiger partial charge on any atom is -0.322 e. The molecule has 0 saturated carbocycles. The Bertz CT molecular complexity index is 1050. The van der Waals surface area contributed by atoms with Crippen LogP contribution in [0.2, 0.25) is 0 Å². The predicted octanol–water partition coefficient (Wildman–Crippen LogP) is 5.19. The number of aromatic nitrogens is 1. The number of hydrogen-bond donors (Lipinski definition) is 2. The van der Waals surface area contributed by atoms with Crippen molar-refractivity contribution in [3.05, 3.63) is 89.2 Å². The monoisotopic (exact) mass is 387 g/mol. The lowest BCUT2D eigenvalue weighted by atomic mass is 9.86. The summed E-state index contributed by atoms with van der Waals surface area (Å²) in [6.07, 6.45) is 1.47. The van der Waals surface area contributed by atoms with E-state index in [0.29, 0.717) is 5.56 Å². The summed E-state index contributed by atoms with van der Waals surface area (Å²) in [4.78, 5) is 29.5. The van der Waals surface area contributed by atoms with Crippen molar-refractivity contribution in [3.8, 4) is 0 Å². The summed E-state index contributed by atoms with van der Waals surface area (Å²) in [7, 11) is 0. The predicted molar refractivity (Wildman–Crippen MR) is 116 cm³/mol. The summed E-state index contributed by atoms with van der Waals surface area (Å²) in [5, 5.41) is 5.80. The number of rotatable bonds is 4. The summed E-state index contributed by atoms with van der Waals surface area (Å²) >= 11 is 0. The molecule has 0 aliphatic heterocycles. The first-order valence-electron chi connectivity index (χ1n) is 9.49. The Kier molecular flexibility index (Phi) is 5.78. The zero-order valence-corrected chi connectivity index (χ0v) is 17.1. The highest BCUT2D eigenvalue weighted by atomic mass is 16.2. The zero-order chi connectivity index (χ0) is 21.0. The fourth-order valence-corrected chi connectivity index (χ4v) is 3.04. The van der Waals surface area contributed by atoms with Crippen molar-refractivity contribution in [3.63, 3.8) is 0 Å². The van der Waals surface area contributed by atoms with Crippen molar-refractivity contribution in [2.75, 3.05) is 10.6 Å². The molecule has 0 radical (unpaired) electrons. The van der Waals surface area contributed by atoms with Crippen LogP contribution in [0.25, 0.3) is 0 Å². The van der Waals surface area contributed by atoms with Crippen LogP contribution in [0.5, 0.6) is 0 Å². The molecule has 2 N–H and O–H groups in total. The Morgan fingerprint density at radius 2 is 1.45 bits per heavy atom. The smallest absolute Gasteiger partial charge is 0.274 e. The SMILES string of the molecule is Cc1ccccc1NC(=O)c1ccnc(C(=O)Nc2ccccc2C(C)(C)C)c1. The summed E-state index contributed by atoms with van der Waals surface area (Å²) in [5.74, 6) is -0.641. The average Bonchev–Trinajstić information content (AvgIpc) is 2.69. The summed E-state index contributed by atoms with van der Waals surface area (Å²) < 4.78 is 0. The second-order valence-corrected chi connectivity index (χ2v) is 7.95. The van der Waals surface area contributed by atoms with E-state index in [1.54, 1.807) is 6.07 Å². The lowest BCUT2D eigenvalue weighted by Crippen LogP contribution is -2.20. The Morgan fingerprint density at radius 3 is 2.14 bits per heavy atom. The second kappa shape index (κ2) is 8.27. The molecule has 3 rings (SSSR count). The molecule has 148 valence electrons. The zero-order valence-electron chi connectivity index (χ0n) is 17.1. The van der Waals surface area contributed by atoms with Crippen molar-refractivity contribution in [2.24, 2.45) is 0 Å².